The zero-order valence-corrected chi connectivity index (χ0v) is 10.8. The summed E-state index contributed by atoms with van der Waals surface area (Å²) in [5, 5.41) is 4.40. The Labute approximate surface area is 106 Å². The first-order valence-corrected chi connectivity index (χ1v) is 6.35. The second kappa shape index (κ2) is 4.57. The molecule has 3 rings (SSSR count). The van der Waals surface area contributed by atoms with Gasteiger partial charge in [0.15, 0.2) is 5.89 Å². The van der Waals surface area contributed by atoms with E-state index in [-0.39, 0.29) is 0 Å². The van der Waals surface area contributed by atoms with E-state index in [9.17, 15) is 0 Å². The largest absolute Gasteiger partial charge is 0.449 e. The maximum atomic E-state index is 5.23. The molecular formula is C13H18N4O. The lowest BCUT2D eigenvalue weighted by Crippen LogP contribution is -2.21. The second-order valence-electron chi connectivity index (χ2n) is 5.03. The van der Waals surface area contributed by atoms with Crippen LogP contribution in [-0.2, 0) is 6.54 Å². The van der Waals surface area contributed by atoms with Crippen molar-refractivity contribution in [2.75, 3.05) is 13.1 Å². The molecule has 0 aromatic carbocycles. The molecule has 1 atom stereocenters. The lowest BCUT2D eigenvalue weighted by atomic mass is 10.3. The van der Waals surface area contributed by atoms with Crippen molar-refractivity contribution in [3.63, 3.8) is 0 Å². The Hall–Kier alpha value is -1.62. The fourth-order valence-corrected chi connectivity index (χ4v) is 2.51. The molecule has 0 spiro atoms. The number of oxazole rings is 1. The summed E-state index contributed by atoms with van der Waals surface area (Å²) in [6.45, 7) is 6.95. The predicted octanol–water partition coefficient (Wildman–Crippen LogP) is 1.93. The van der Waals surface area contributed by atoms with Gasteiger partial charge < -0.3 is 4.42 Å². The van der Waals surface area contributed by atoms with E-state index >= 15 is 0 Å². The molecule has 1 aliphatic rings. The minimum Gasteiger partial charge on any atom is -0.449 e. The van der Waals surface area contributed by atoms with E-state index in [1.165, 1.54) is 5.56 Å². The van der Waals surface area contributed by atoms with Crippen LogP contribution in [0.5, 0.6) is 0 Å². The van der Waals surface area contributed by atoms with E-state index in [1.54, 1.807) is 6.26 Å². The van der Waals surface area contributed by atoms with Crippen molar-refractivity contribution in [2.45, 2.75) is 32.9 Å². The van der Waals surface area contributed by atoms with Crippen LogP contribution in [0, 0.1) is 13.8 Å². The highest BCUT2D eigenvalue weighted by molar-refractivity contribution is 5.02. The van der Waals surface area contributed by atoms with Crippen LogP contribution in [-0.4, -0.2) is 32.8 Å². The summed E-state index contributed by atoms with van der Waals surface area (Å²) >= 11 is 0. The van der Waals surface area contributed by atoms with E-state index < -0.39 is 0 Å². The molecule has 1 fully saturated rings. The topological polar surface area (TPSA) is 47.1 Å². The Kier molecular flexibility index (Phi) is 2.91. The SMILES string of the molecule is Cc1cnn(C2CCN(Cc3coc(C)n3)C2)c1. The minimum absolute atomic E-state index is 0.492. The lowest BCUT2D eigenvalue weighted by Gasteiger charge is -2.14. The third-order valence-electron chi connectivity index (χ3n) is 3.40. The van der Waals surface area contributed by atoms with Gasteiger partial charge in [-0.3, -0.25) is 9.58 Å². The molecule has 3 heterocycles. The van der Waals surface area contributed by atoms with Gasteiger partial charge in [-0.2, -0.15) is 5.10 Å². The smallest absolute Gasteiger partial charge is 0.191 e. The van der Waals surface area contributed by atoms with E-state index in [0.29, 0.717) is 6.04 Å². The number of hydrogen-bond donors (Lipinski definition) is 0. The average molecular weight is 246 g/mol. The van der Waals surface area contributed by atoms with Crippen molar-refractivity contribution in [1.29, 1.82) is 0 Å². The first-order chi connectivity index (χ1) is 8.70. The van der Waals surface area contributed by atoms with Gasteiger partial charge in [0.2, 0.25) is 0 Å². The van der Waals surface area contributed by atoms with Gasteiger partial charge in [0.05, 0.1) is 17.9 Å². The zero-order chi connectivity index (χ0) is 12.5. The van der Waals surface area contributed by atoms with Crippen LogP contribution in [0.1, 0.15) is 29.6 Å². The first kappa shape index (κ1) is 11.5. The molecule has 0 saturated carbocycles. The highest BCUT2D eigenvalue weighted by atomic mass is 16.3. The quantitative estimate of drug-likeness (QED) is 0.830. The van der Waals surface area contributed by atoms with Crippen LogP contribution in [0.25, 0.3) is 0 Å². The molecule has 5 heteroatoms. The van der Waals surface area contributed by atoms with Crippen LogP contribution in [0.3, 0.4) is 0 Å². The summed E-state index contributed by atoms with van der Waals surface area (Å²) < 4.78 is 7.32. The predicted molar refractivity (Wildman–Crippen MR) is 67.1 cm³/mol. The zero-order valence-electron chi connectivity index (χ0n) is 10.8. The highest BCUT2D eigenvalue weighted by Crippen LogP contribution is 2.22. The van der Waals surface area contributed by atoms with Gasteiger partial charge in [0.25, 0.3) is 0 Å². The van der Waals surface area contributed by atoms with Gasteiger partial charge in [-0.25, -0.2) is 4.98 Å². The molecule has 0 bridgehead atoms. The van der Waals surface area contributed by atoms with Crippen LogP contribution >= 0.6 is 0 Å². The average Bonchev–Trinajstić information content (AvgIpc) is 3.01. The van der Waals surface area contributed by atoms with E-state index in [1.807, 2.05) is 13.1 Å². The van der Waals surface area contributed by atoms with Gasteiger partial charge >= 0.3 is 0 Å². The van der Waals surface area contributed by atoms with E-state index in [2.05, 4.69) is 32.8 Å². The molecule has 1 saturated heterocycles. The van der Waals surface area contributed by atoms with Crippen LogP contribution in [0.4, 0.5) is 0 Å². The summed E-state index contributed by atoms with van der Waals surface area (Å²) in [6.07, 6.45) is 6.94. The second-order valence-corrected chi connectivity index (χ2v) is 5.03. The minimum atomic E-state index is 0.492. The van der Waals surface area contributed by atoms with Crippen molar-refractivity contribution in [3.8, 4) is 0 Å². The summed E-state index contributed by atoms with van der Waals surface area (Å²) in [4.78, 5) is 6.75. The van der Waals surface area contributed by atoms with Crippen LogP contribution < -0.4 is 0 Å². The maximum Gasteiger partial charge on any atom is 0.191 e. The number of aryl methyl sites for hydroxylation is 2. The number of rotatable bonds is 3. The van der Waals surface area contributed by atoms with Crippen molar-refractivity contribution < 1.29 is 4.42 Å². The molecule has 2 aromatic heterocycles. The van der Waals surface area contributed by atoms with Crippen molar-refractivity contribution in [3.05, 3.63) is 35.8 Å². The van der Waals surface area contributed by atoms with Crippen molar-refractivity contribution in [2.24, 2.45) is 0 Å². The molecule has 5 nitrogen and oxygen atoms in total. The molecule has 0 N–H and O–H groups in total. The number of aromatic nitrogens is 3. The third kappa shape index (κ3) is 2.31. The maximum absolute atomic E-state index is 5.23. The Morgan fingerprint density at radius 1 is 1.44 bits per heavy atom. The molecule has 96 valence electrons. The molecule has 1 aliphatic heterocycles. The van der Waals surface area contributed by atoms with Crippen molar-refractivity contribution in [1.82, 2.24) is 19.7 Å². The van der Waals surface area contributed by atoms with Gasteiger partial charge in [-0.1, -0.05) is 0 Å². The number of hydrogen-bond acceptors (Lipinski definition) is 4. The van der Waals surface area contributed by atoms with E-state index in [0.717, 1.165) is 37.6 Å². The van der Waals surface area contributed by atoms with Gasteiger partial charge in [-0.15, -0.1) is 0 Å². The fraction of sp³-hybridized carbons (Fsp3) is 0.538. The molecule has 2 aromatic rings. The lowest BCUT2D eigenvalue weighted by molar-refractivity contribution is 0.308. The van der Waals surface area contributed by atoms with Gasteiger partial charge in [0, 0.05) is 32.8 Å². The molecule has 0 amide bonds. The highest BCUT2D eigenvalue weighted by Gasteiger charge is 2.24. The van der Waals surface area contributed by atoms with Gasteiger partial charge in [0.1, 0.15) is 6.26 Å². The Bertz CT molecular complexity index is 531. The fourth-order valence-electron chi connectivity index (χ4n) is 2.51. The van der Waals surface area contributed by atoms with Crippen molar-refractivity contribution >= 4 is 0 Å². The first-order valence-electron chi connectivity index (χ1n) is 6.35. The normalized spacial score (nSPS) is 20.7. The Morgan fingerprint density at radius 2 is 2.33 bits per heavy atom. The van der Waals surface area contributed by atoms with Crippen LogP contribution in [0.15, 0.2) is 23.1 Å². The summed E-state index contributed by atoms with van der Waals surface area (Å²) in [7, 11) is 0. The number of nitrogens with zero attached hydrogens (tertiary/aromatic N) is 4. The third-order valence-corrected chi connectivity index (χ3v) is 3.40. The molecule has 0 radical (unpaired) electrons. The summed E-state index contributed by atoms with van der Waals surface area (Å²) in [5.74, 6) is 0.739. The Morgan fingerprint density at radius 3 is 3.00 bits per heavy atom. The number of likely N-dealkylation sites (tertiary alicyclic amines) is 1. The summed E-state index contributed by atoms with van der Waals surface area (Å²) in [6, 6.07) is 0.492. The standard InChI is InChI=1S/C13H18N4O/c1-10-5-14-17(6-10)13-3-4-16(8-13)7-12-9-18-11(2)15-12/h5-6,9,13H,3-4,7-8H2,1-2H3. The molecule has 18 heavy (non-hydrogen) atoms. The van der Waals surface area contributed by atoms with Gasteiger partial charge in [-0.05, 0) is 18.9 Å². The molecule has 0 aliphatic carbocycles. The molecule has 1 unspecified atom stereocenters. The van der Waals surface area contributed by atoms with Crippen LogP contribution in [0.2, 0.25) is 0 Å². The Balaban J connectivity index is 1.61. The molecular weight excluding hydrogens is 228 g/mol. The van der Waals surface area contributed by atoms with E-state index in [4.69, 9.17) is 4.42 Å². The summed E-state index contributed by atoms with van der Waals surface area (Å²) in [5.41, 5.74) is 2.24. The monoisotopic (exact) mass is 246 g/mol.